The fraction of sp³-hybridized carbons (Fsp3) is 0.571. The molecule has 0 aliphatic carbocycles. The van der Waals surface area contributed by atoms with E-state index in [-0.39, 0.29) is 0 Å². The van der Waals surface area contributed by atoms with Crippen LogP contribution in [0, 0.1) is 6.92 Å². The number of phenols is 1. The summed E-state index contributed by atoms with van der Waals surface area (Å²) in [6.45, 7) is 11.3. The Morgan fingerprint density at radius 2 is 1.94 bits per heavy atom. The number of rotatable bonds is 7. The third kappa shape index (κ3) is 4.75. The average molecular weight is 236 g/mol. The highest BCUT2D eigenvalue weighted by Crippen LogP contribution is 2.17. The van der Waals surface area contributed by atoms with Gasteiger partial charge in [-0.1, -0.05) is 31.5 Å². The summed E-state index contributed by atoms with van der Waals surface area (Å²) in [5, 5.41) is 13.1. The Labute approximate surface area is 104 Å². The summed E-state index contributed by atoms with van der Waals surface area (Å²) in [7, 11) is 0. The van der Waals surface area contributed by atoms with E-state index in [1.807, 2.05) is 19.1 Å². The summed E-state index contributed by atoms with van der Waals surface area (Å²) in [6, 6.07) is 5.71. The number of nitrogens with one attached hydrogen (secondary N) is 1. The summed E-state index contributed by atoms with van der Waals surface area (Å²) in [5.74, 6) is 0.380. The molecule has 0 amide bonds. The molecule has 0 saturated carbocycles. The van der Waals surface area contributed by atoms with E-state index in [1.54, 1.807) is 6.07 Å². The van der Waals surface area contributed by atoms with Crippen LogP contribution in [0.5, 0.6) is 5.75 Å². The molecule has 17 heavy (non-hydrogen) atoms. The SMILES string of the molecule is CCN(CC)CCNCc1cc(C)ccc1O. The molecule has 0 heterocycles. The van der Waals surface area contributed by atoms with Gasteiger partial charge in [-0.2, -0.15) is 0 Å². The van der Waals surface area contributed by atoms with E-state index in [1.165, 1.54) is 5.56 Å². The van der Waals surface area contributed by atoms with Crippen LogP contribution in [-0.2, 0) is 6.54 Å². The van der Waals surface area contributed by atoms with Crippen molar-refractivity contribution in [3.63, 3.8) is 0 Å². The number of aromatic hydroxyl groups is 1. The van der Waals surface area contributed by atoms with Crippen LogP contribution >= 0.6 is 0 Å². The second kappa shape index (κ2) is 7.30. The zero-order valence-electron chi connectivity index (χ0n) is 11.2. The molecular weight excluding hydrogens is 212 g/mol. The maximum absolute atomic E-state index is 9.69. The molecule has 0 atom stereocenters. The van der Waals surface area contributed by atoms with Crippen LogP contribution in [0.3, 0.4) is 0 Å². The zero-order chi connectivity index (χ0) is 12.7. The summed E-state index contributed by atoms with van der Waals surface area (Å²) < 4.78 is 0. The molecule has 1 aromatic carbocycles. The zero-order valence-corrected chi connectivity index (χ0v) is 11.2. The van der Waals surface area contributed by atoms with Crippen LogP contribution in [0.15, 0.2) is 18.2 Å². The molecule has 0 bridgehead atoms. The lowest BCUT2D eigenvalue weighted by molar-refractivity contribution is 0.302. The Hall–Kier alpha value is -1.06. The minimum Gasteiger partial charge on any atom is -0.508 e. The Morgan fingerprint density at radius 1 is 1.24 bits per heavy atom. The summed E-state index contributed by atoms with van der Waals surface area (Å²) in [5.41, 5.74) is 2.16. The second-order valence-corrected chi connectivity index (χ2v) is 4.34. The third-order valence-electron chi connectivity index (χ3n) is 3.05. The van der Waals surface area contributed by atoms with Crippen molar-refractivity contribution in [2.45, 2.75) is 27.3 Å². The minimum atomic E-state index is 0.380. The van der Waals surface area contributed by atoms with Crippen LogP contribution in [0.25, 0.3) is 0 Å². The van der Waals surface area contributed by atoms with Gasteiger partial charge in [0.2, 0.25) is 0 Å². The highest BCUT2D eigenvalue weighted by molar-refractivity contribution is 5.35. The lowest BCUT2D eigenvalue weighted by Gasteiger charge is -2.18. The molecule has 0 aromatic heterocycles. The molecule has 1 aromatic rings. The van der Waals surface area contributed by atoms with Crippen LogP contribution < -0.4 is 5.32 Å². The van der Waals surface area contributed by atoms with Crippen LogP contribution in [0.2, 0.25) is 0 Å². The van der Waals surface area contributed by atoms with Crippen molar-refractivity contribution < 1.29 is 5.11 Å². The van der Waals surface area contributed by atoms with Crippen molar-refractivity contribution in [2.24, 2.45) is 0 Å². The lowest BCUT2D eigenvalue weighted by atomic mass is 10.1. The average Bonchev–Trinajstić information content (AvgIpc) is 2.33. The Bertz CT molecular complexity index is 335. The van der Waals surface area contributed by atoms with Crippen molar-refractivity contribution in [3.8, 4) is 5.75 Å². The van der Waals surface area contributed by atoms with E-state index in [2.05, 4.69) is 24.1 Å². The van der Waals surface area contributed by atoms with E-state index in [0.29, 0.717) is 5.75 Å². The largest absolute Gasteiger partial charge is 0.508 e. The van der Waals surface area contributed by atoms with Crippen molar-refractivity contribution in [1.82, 2.24) is 10.2 Å². The molecule has 3 heteroatoms. The standard InChI is InChI=1S/C14H24N2O/c1-4-16(5-2)9-8-15-11-13-10-12(3)6-7-14(13)17/h6-7,10,15,17H,4-5,8-9,11H2,1-3H3. The first-order valence-electron chi connectivity index (χ1n) is 6.39. The number of hydrogen-bond donors (Lipinski definition) is 2. The molecule has 0 radical (unpaired) electrons. The van der Waals surface area contributed by atoms with Gasteiger partial charge in [-0.05, 0) is 26.1 Å². The van der Waals surface area contributed by atoms with Crippen molar-refractivity contribution in [2.75, 3.05) is 26.2 Å². The molecule has 0 aliphatic rings. The normalized spacial score (nSPS) is 11.1. The molecule has 3 nitrogen and oxygen atoms in total. The molecule has 2 N–H and O–H groups in total. The molecule has 1 rings (SSSR count). The first kappa shape index (κ1) is 14.0. The predicted octanol–water partition coefficient (Wildman–Crippen LogP) is 2.13. The Morgan fingerprint density at radius 3 is 2.59 bits per heavy atom. The fourth-order valence-corrected chi connectivity index (χ4v) is 1.86. The first-order valence-corrected chi connectivity index (χ1v) is 6.39. The smallest absolute Gasteiger partial charge is 0.120 e. The first-order chi connectivity index (χ1) is 8.17. The van der Waals surface area contributed by atoms with E-state index in [0.717, 1.165) is 38.3 Å². The van der Waals surface area contributed by atoms with Crippen LogP contribution in [0.4, 0.5) is 0 Å². The topological polar surface area (TPSA) is 35.5 Å². The second-order valence-electron chi connectivity index (χ2n) is 4.34. The molecule has 0 fully saturated rings. The summed E-state index contributed by atoms with van der Waals surface area (Å²) in [6.07, 6.45) is 0. The number of likely N-dealkylation sites (N-methyl/N-ethyl adjacent to an activating group) is 1. The van der Waals surface area contributed by atoms with E-state index >= 15 is 0 Å². The molecule has 0 aliphatic heterocycles. The third-order valence-corrected chi connectivity index (χ3v) is 3.05. The van der Waals surface area contributed by atoms with Gasteiger partial charge in [0.1, 0.15) is 5.75 Å². The van der Waals surface area contributed by atoms with Gasteiger partial charge in [-0.3, -0.25) is 0 Å². The lowest BCUT2D eigenvalue weighted by Crippen LogP contribution is -2.31. The quantitative estimate of drug-likeness (QED) is 0.712. The van der Waals surface area contributed by atoms with Crippen LogP contribution in [0.1, 0.15) is 25.0 Å². The van der Waals surface area contributed by atoms with E-state index < -0.39 is 0 Å². The van der Waals surface area contributed by atoms with Crippen molar-refractivity contribution in [3.05, 3.63) is 29.3 Å². The maximum Gasteiger partial charge on any atom is 0.120 e. The maximum atomic E-state index is 9.69. The monoisotopic (exact) mass is 236 g/mol. The Kier molecular flexibility index (Phi) is 6.01. The molecule has 0 spiro atoms. The van der Waals surface area contributed by atoms with Gasteiger partial charge >= 0.3 is 0 Å². The minimum absolute atomic E-state index is 0.380. The van der Waals surface area contributed by atoms with E-state index in [4.69, 9.17) is 0 Å². The molecule has 96 valence electrons. The van der Waals surface area contributed by atoms with E-state index in [9.17, 15) is 5.11 Å². The van der Waals surface area contributed by atoms with Gasteiger partial charge in [-0.25, -0.2) is 0 Å². The Balaban J connectivity index is 2.33. The van der Waals surface area contributed by atoms with Crippen molar-refractivity contribution in [1.29, 1.82) is 0 Å². The van der Waals surface area contributed by atoms with Gasteiger partial charge in [0.05, 0.1) is 0 Å². The highest BCUT2D eigenvalue weighted by atomic mass is 16.3. The highest BCUT2D eigenvalue weighted by Gasteiger charge is 2.02. The van der Waals surface area contributed by atoms with Gasteiger partial charge in [-0.15, -0.1) is 0 Å². The van der Waals surface area contributed by atoms with Gasteiger partial charge in [0, 0.05) is 25.2 Å². The number of nitrogens with zero attached hydrogens (tertiary/aromatic N) is 1. The van der Waals surface area contributed by atoms with Crippen LogP contribution in [-0.4, -0.2) is 36.2 Å². The molecular formula is C14H24N2O. The number of benzene rings is 1. The summed E-state index contributed by atoms with van der Waals surface area (Å²) in [4.78, 5) is 2.38. The van der Waals surface area contributed by atoms with Gasteiger partial charge in [0.25, 0.3) is 0 Å². The number of phenolic OH excluding ortho intramolecular Hbond substituents is 1. The number of hydrogen-bond acceptors (Lipinski definition) is 3. The van der Waals surface area contributed by atoms with Gasteiger partial charge in [0.15, 0.2) is 0 Å². The fourth-order valence-electron chi connectivity index (χ4n) is 1.86. The van der Waals surface area contributed by atoms with Crippen molar-refractivity contribution >= 4 is 0 Å². The molecule has 0 unspecified atom stereocenters. The number of aryl methyl sites for hydroxylation is 1. The predicted molar refractivity (Wildman–Crippen MR) is 72.3 cm³/mol. The van der Waals surface area contributed by atoms with Gasteiger partial charge < -0.3 is 15.3 Å². The summed E-state index contributed by atoms with van der Waals surface area (Å²) >= 11 is 0. The molecule has 0 saturated heterocycles.